The van der Waals surface area contributed by atoms with E-state index >= 15 is 0 Å². The van der Waals surface area contributed by atoms with E-state index in [2.05, 4.69) is 16.9 Å². The summed E-state index contributed by atoms with van der Waals surface area (Å²) >= 11 is 5.68. The molecule has 3 nitrogen and oxygen atoms in total. The van der Waals surface area contributed by atoms with Gasteiger partial charge in [0.1, 0.15) is 5.82 Å². The smallest absolute Gasteiger partial charge is 0.170 e. The average molecular weight is 291 g/mol. The summed E-state index contributed by atoms with van der Waals surface area (Å²) < 4.78 is 13.0. The summed E-state index contributed by atoms with van der Waals surface area (Å²) in [7, 11) is 0. The van der Waals surface area contributed by atoms with Crippen molar-refractivity contribution < 1.29 is 9.18 Å². The van der Waals surface area contributed by atoms with Crippen molar-refractivity contribution in [1.82, 2.24) is 4.98 Å². The van der Waals surface area contributed by atoms with Crippen molar-refractivity contribution >= 4 is 23.1 Å². The number of anilines is 1. The maximum atomic E-state index is 13.0. The fourth-order valence-electron chi connectivity index (χ4n) is 1.65. The van der Waals surface area contributed by atoms with Crippen molar-refractivity contribution in [3.05, 3.63) is 71.4 Å². The van der Waals surface area contributed by atoms with Crippen LogP contribution in [-0.2, 0) is 0 Å². The summed E-state index contributed by atoms with van der Waals surface area (Å²) in [6.07, 6.45) is 3.23. The van der Waals surface area contributed by atoms with Crippen molar-refractivity contribution in [2.24, 2.45) is 0 Å². The van der Waals surface area contributed by atoms with Gasteiger partial charge in [-0.15, -0.1) is 0 Å². The molecule has 0 fully saturated rings. The quantitative estimate of drug-likeness (QED) is 0.844. The van der Waals surface area contributed by atoms with E-state index in [0.717, 1.165) is 0 Å². The van der Waals surface area contributed by atoms with Gasteiger partial charge in [-0.05, 0) is 30.3 Å². The maximum Gasteiger partial charge on any atom is 0.170 e. The van der Waals surface area contributed by atoms with Gasteiger partial charge in [0.2, 0.25) is 0 Å². The third kappa shape index (κ3) is 3.65. The molecule has 5 heteroatoms. The van der Waals surface area contributed by atoms with Gasteiger partial charge in [-0.2, -0.15) is 0 Å². The Kier molecular flexibility index (Phi) is 4.48. The predicted octanol–water partition coefficient (Wildman–Crippen LogP) is 4.07. The zero-order valence-electron chi connectivity index (χ0n) is 10.6. The van der Waals surface area contributed by atoms with Gasteiger partial charge < -0.3 is 5.32 Å². The van der Waals surface area contributed by atoms with E-state index in [4.69, 9.17) is 11.6 Å². The van der Waals surface area contributed by atoms with Crippen LogP contribution in [0.3, 0.4) is 0 Å². The van der Waals surface area contributed by atoms with Crippen LogP contribution >= 0.6 is 11.6 Å². The summed E-state index contributed by atoms with van der Waals surface area (Å²) in [5, 5.41) is 2.94. The molecule has 0 bridgehead atoms. The fourth-order valence-corrected chi connectivity index (χ4v) is 1.83. The van der Waals surface area contributed by atoms with Crippen LogP contribution in [0.25, 0.3) is 0 Å². The number of allylic oxidation sites excluding steroid dienone is 1. The van der Waals surface area contributed by atoms with Crippen LogP contribution in [0.2, 0.25) is 5.02 Å². The number of nitrogens with one attached hydrogen (secondary N) is 1. The minimum Gasteiger partial charge on any atom is -0.359 e. The highest BCUT2D eigenvalue weighted by Gasteiger charge is 2.08. The summed E-state index contributed by atoms with van der Waals surface area (Å²) in [4.78, 5) is 15.8. The van der Waals surface area contributed by atoms with Crippen LogP contribution in [0.1, 0.15) is 16.8 Å². The van der Waals surface area contributed by atoms with Crippen molar-refractivity contribution in [3.8, 4) is 0 Å². The molecule has 0 atom stereocenters. The number of halogens is 2. The highest BCUT2D eigenvalue weighted by Crippen LogP contribution is 2.21. The monoisotopic (exact) mass is 290 g/mol. The molecule has 1 aromatic carbocycles. The van der Waals surface area contributed by atoms with E-state index < -0.39 is 5.82 Å². The zero-order valence-corrected chi connectivity index (χ0v) is 11.3. The molecule has 0 aliphatic rings. The van der Waals surface area contributed by atoms with Crippen molar-refractivity contribution in [3.63, 3.8) is 0 Å². The molecule has 0 spiro atoms. The number of pyridine rings is 1. The second kappa shape index (κ2) is 6.30. The fraction of sp³-hybridized carbons (Fsp3) is 0.0667. The van der Waals surface area contributed by atoms with Gasteiger partial charge in [-0.3, -0.25) is 9.78 Å². The van der Waals surface area contributed by atoms with Gasteiger partial charge in [0.25, 0.3) is 0 Å². The summed E-state index contributed by atoms with van der Waals surface area (Å²) in [6, 6.07) is 7.61. The molecule has 20 heavy (non-hydrogen) atoms. The largest absolute Gasteiger partial charge is 0.359 e. The molecule has 0 saturated carbocycles. The van der Waals surface area contributed by atoms with Gasteiger partial charge in [-0.25, -0.2) is 4.39 Å². The van der Waals surface area contributed by atoms with Crippen LogP contribution in [0, 0.1) is 5.82 Å². The molecule has 2 aromatic rings. The number of hydrogen-bond acceptors (Lipinski definition) is 3. The number of nitrogens with zero attached hydrogens (tertiary/aromatic N) is 1. The first-order valence-corrected chi connectivity index (χ1v) is 6.27. The van der Waals surface area contributed by atoms with E-state index in [1.165, 1.54) is 24.4 Å². The van der Waals surface area contributed by atoms with Crippen LogP contribution in [0.5, 0.6) is 0 Å². The number of ketones is 1. The van der Waals surface area contributed by atoms with Crippen LogP contribution < -0.4 is 5.32 Å². The molecule has 2 rings (SSSR count). The first kappa shape index (κ1) is 14.2. The van der Waals surface area contributed by atoms with Crippen molar-refractivity contribution in [2.75, 3.05) is 5.32 Å². The third-order valence-electron chi connectivity index (χ3n) is 2.60. The lowest BCUT2D eigenvalue weighted by Gasteiger charge is -2.09. The Morgan fingerprint density at radius 3 is 2.85 bits per heavy atom. The molecule has 0 radical (unpaired) electrons. The zero-order chi connectivity index (χ0) is 14.5. The molecule has 0 amide bonds. The number of aromatic nitrogens is 1. The van der Waals surface area contributed by atoms with Crippen molar-refractivity contribution in [1.29, 1.82) is 0 Å². The second-order valence-corrected chi connectivity index (χ2v) is 4.61. The Labute approximate surface area is 121 Å². The summed E-state index contributed by atoms with van der Waals surface area (Å²) in [5.74, 6) is -0.585. The molecule has 0 unspecified atom stereocenters. The number of carbonyl (C=O) groups excluding carboxylic acids is 1. The number of carbonyl (C=O) groups is 1. The third-order valence-corrected chi connectivity index (χ3v) is 2.89. The Morgan fingerprint density at radius 2 is 2.20 bits per heavy atom. The highest BCUT2D eigenvalue weighted by atomic mass is 35.5. The minimum absolute atomic E-state index is 0.0152. The normalized spacial score (nSPS) is 10.1. The van der Waals surface area contributed by atoms with E-state index in [0.29, 0.717) is 16.9 Å². The van der Waals surface area contributed by atoms with Gasteiger partial charge >= 0.3 is 0 Å². The second-order valence-electron chi connectivity index (χ2n) is 4.20. The molecule has 1 N–H and O–H groups in total. The highest BCUT2D eigenvalue weighted by molar-refractivity contribution is 6.31. The predicted molar refractivity (Wildman–Crippen MR) is 77.4 cm³/mol. The lowest BCUT2D eigenvalue weighted by atomic mass is 10.1. The van der Waals surface area contributed by atoms with Crippen LogP contribution in [0.4, 0.5) is 10.1 Å². The van der Waals surface area contributed by atoms with Gasteiger partial charge in [0, 0.05) is 29.3 Å². The Bertz CT molecular complexity index is 644. The van der Waals surface area contributed by atoms with Gasteiger partial charge in [0.05, 0.1) is 11.4 Å². The Balaban J connectivity index is 1.99. The first-order valence-electron chi connectivity index (χ1n) is 5.89. The van der Waals surface area contributed by atoms with Gasteiger partial charge in [-0.1, -0.05) is 18.2 Å². The molecule has 0 saturated heterocycles. The molecular weight excluding hydrogens is 279 g/mol. The number of benzene rings is 1. The molecule has 0 aliphatic heterocycles. The molecule has 0 aliphatic carbocycles. The molecule has 102 valence electrons. The summed E-state index contributed by atoms with van der Waals surface area (Å²) in [6.45, 7) is 3.78. The minimum atomic E-state index is -0.491. The number of hydrogen-bond donors (Lipinski definition) is 1. The lowest BCUT2D eigenvalue weighted by Crippen LogP contribution is -2.06. The topological polar surface area (TPSA) is 42.0 Å². The van der Waals surface area contributed by atoms with E-state index in [1.807, 2.05) is 0 Å². The number of Topliss-reactive ketones (excluding diaryl/α,β-unsaturated/α-hetero) is 1. The average Bonchev–Trinajstić information content (AvgIpc) is 2.44. The van der Waals surface area contributed by atoms with Crippen molar-refractivity contribution in [2.45, 2.75) is 6.42 Å². The summed E-state index contributed by atoms with van der Waals surface area (Å²) in [5.41, 5.74) is 1.61. The van der Waals surface area contributed by atoms with Crippen LogP contribution in [-0.4, -0.2) is 10.8 Å². The van der Waals surface area contributed by atoms with E-state index in [9.17, 15) is 9.18 Å². The van der Waals surface area contributed by atoms with E-state index in [1.54, 1.807) is 18.3 Å². The number of rotatable bonds is 5. The molecule has 1 heterocycles. The molecule has 1 aromatic heterocycles. The molecular formula is C15H12ClFN2O. The standard InChI is InChI=1S/C15H12ClFN2O/c1-10(7-15(20)11-3-2-6-18-9-11)19-12-4-5-14(17)13(16)8-12/h2-6,8-9,19H,1,7H2. The first-order chi connectivity index (χ1) is 9.56. The van der Waals surface area contributed by atoms with Gasteiger partial charge in [0.15, 0.2) is 5.78 Å². The van der Waals surface area contributed by atoms with Crippen LogP contribution in [0.15, 0.2) is 55.0 Å². The Hall–Kier alpha value is -2.20. The lowest BCUT2D eigenvalue weighted by molar-refractivity contribution is 0.0993. The Morgan fingerprint density at radius 1 is 1.40 bits per heavy atom. The van der Waals surface area contributed by atoms with E-state index in [-0.39, 0.29) is 17.2 Å². The maximum absolute atomic E-state index is 13.0. The SMILES string of the molecule is C=C(CC(=O)c1cccnc1)Nc1ccc(F)c(Cl)c1.